The van der Waals surface area contributed by atoms with E-state index in [4.69, 9.17) is 14.2 Å². The van der Waals surface area contributed by atoms with Crippen molar-refractivity contribution in [3.63, 3.8) is 0 Å². The van der Waals surface area contributed by atoms with E-state index in [-0.39, 0.29) is 12.0 Å². The summed E-state index contributed by atoms with van der Waals surface area (Å²) in [6.45, 7) is 2.00. The molecule has 0 radical (unpaired) electrons. The average molecular weight is 356 g/mol. The van der Waals surface area contributed by atoms with Crippen molar-refractivity contribution >= 4 is 5.91 Å². The first-order valence-corrected chi connectivity index (χ1v) is 8.86. The fourth-order valence-electron chi connectivity index (χ4n) is 2.76. The topological polar surface area (TPSA) is 69.7 Å². The van der Waals surface area contributed by atoms with Crippen LogP contribution in [0.25, 0.3) is 0 Å². The zero-order chi connectivity index (χ0) is 18.2. The van der Waals surface area contributed by atoms with E-state index in [2.05, 4.69) is 10.3 Å². The molecule has 2 heterocycles. The Kier molecular flexibility index (Phi) is 6.44. The molecule has 6 heteroatoms. The molecule has 0 unspecified atom stereocenters. The second-order valence-electron chi connectivity index (χ2n) is 6.17. The van der Waals surface area contributed by atoms with Crippen LogP contribution in [0.1, 0.15) is 28.8 Å². The Morgan fingerprint density at radius 1 is 1.19 bits per heavy atom. The summed E-state index contributed by atoms with van der Waals surface area (Å²) in [5.41, 5.74) is 1.67. The molecule has 138 valence electrons. The van der Waals surface area contributed by atoms with Gasteiger partial charge in [-0.25, -0.2) is 4.98 Å². The van der Waals surface area contributed by atoms with E-state index in [1.54, 1.807) is 25.4 Å². The number of benzene rings is 1. The minimum Gasteiger partial charge on any atom is -0.497 e. The van der Waals surface area contributed by atoms with Crippen molar-refractivity contribution < 1.29 is 19.0 Å². The highest BCUT2D eigenvalue weighted by Gasteiger charge is 2.16. The van der Waals surface area contributed by atoms with Gasteiger partial charge in [0, 0.05) is 31.6 Å². The van der Waals surface area contributed by atoms with Crippen LogP contribution in [0, 0.1) is 0 Å². The number of nitrogens with zero attached hydrogens (tertiary/aromatic N) is 1. The SMILES string of the molecule is COc1ccc(CCNC(=O)c2ccc(OC3CCOCC3)nc2)cc1. The summed E-state index contributed by atoms with van der Waals surface area (Å²) in [7, 11) is 1.64. The number of rotatable bonds is 7. The van der Waals surface area contributed by atoms with Gasteiger partial charge in [-0.1, -0.05) is 12.1 Å². The Morgan fingerprint density at radius 3 is 2.62 bits per heavy atom. The molecule has 1 amide bonds. The maximum absolute atomic E-state index is 12.2. The number of hydrogen-bond donors (Lipinski definition) is 1. The molecule has 0 spiro atoms. The number of carbonyl (C=O) groups is 1. The van der Waals surface area contributed by atoms with E-state index < -0.39 is 0 Å². The van der Waals surface area contributed by atoms with Crippen molar-refractivity contribution in [1.82, 2.24) is 10.3 Å². The number of carbonyl (C=O) groups excluding carboxylic acids is 1. The Hall–Kier alpha value is -2.60. The van der Waals surface area contributed by atoms with E-state index in [0.29, 0.717) is 18.0 Å². The summed E-state index contributed by atoms with van der Waals surface area (Å²) in [6.07, 6.45) is 4.19. The third-order valence-corrected chi connectivity index (χ3v) is 4.31. The lowest BCUT2D eigenvalue weighted by molar-refractivity contribution is 0.0237. The van der Waals surface area contributed by atoms with Gasteiger partial charge in [-0.3, -0.25) is 4.79 Å². The van der Waals surface area contributed by atoms with Crippen LogP contribution in [0.3, 0.4) is 0 Å². The van der Waals surface area contributed by atoms with Crippen molar-refractivity contribution in [2.75, 3.05) is 26.9 Å². The molecule has 1 aliphatic rings. The molecule has 26 heavy (non-hydrogen) atoms. The minimum absolute atomic E-state index is 0.136. The van der Waals surface area contributed by atoms with Gasteiger partial charge in [-0.05, 0) is 30.2 Å². The van der Waals surface area contributed by atoms with Crippen LogP contribution >= 0.6 is 0 Å². The summed E-state index contributed by atoms with van der Waals surface area (Å²) in [5, 5.41) is 2.91. The van der Waals surface area contributed by atoms with Crippen molar-refractivity contribution in [3.8, 4) is 11.6 Å². The van der Waals surface area contributed by atoms with Crippen LogP contribution in [0.15, 0.2) is 42.6 Å². The Bertz CT molecular complexity index is 695. The summed E-state index contributed by atoms with van der Waals surface area (Å²) >= 11 is 0. The summed E-state index contributed by atoms with van der Waals surface area (Å²) in [4.78, 5) is 16.4. The molecule has 6 nitrogen and oxygen atoms in total. The minimum atomic E-state index is -0.136. The molecule has 2 aromatic rings. The molecule has 0 atom stereocenters. The highest BCUT2D eigenvalue weighted by atomic mass is 16.5. The first kappa shape index (κ1) is 18.2. The Labute approximate surface area is 153 Å². The first-order valence-electron chi connectivity index (χ1n) is 8.86. The molecule has 1 saturated heterocycles. The number of ether oxygens (including phenoxy) is 3. The van der Waals surface area contributed by atoms with Crippen LogP contribution in [0.4, 0.5) is 0 Å². The number of nitrogens with one attached hydrogen (secondary N) is 1. The fourth-order valence-corrected chi connectivity index (χ4v) is 2.76. The van der Waals surface area contributed by atoms with Gasteiger partial charge in [-0.2, -0.15) is 0 Å². The Balaban J connectivity index is 1.45. The van der Waals surface area contributed by atoms with Crippen LogP contribution in [-0.2, 0) is 11.2 Å². The van der Waals surface area contributed by atoms with Crippen molar-refractivity contribution in [1.29, 1.82) is 0 Å². The summed E-state index contributed by atoms with van der Waals surface area (Å²) in [6, 6.07) is 11.3. The zero-order valence-corrected chi connectivity index (χ0v) is 14.9. The van der Waals surface area contributed by atoms with Crippen molar-refractivity contribution in [2.24, 2.45) is 0 Å². The van der Waals surface area contributed by atoms with Crippen molar-refractivity contribution in [3.05, 3.63) is 53.7 Å². The molecule has 1 aromatic heterocycles. The van der Waals surface area contributed by atoms with Gasteiger partial charge in [0.05, 0.1) is 25.9 Å². The third kappa shape index (κ3) is 5.20. The van der Waals surface area contributed by atoms with E-state index >= 15 is 0 Å². The molecular formula is C20H24N2O4. The molecule has 0 saturated carbocycles. The van der Waals surface area contributed by atoms with Gasteiger partial charge < -0.3 is 19.5 Å². The van der Waals surface area contributed by atoms with Gasteiger partial charge in [0.2, 0.25) is 5.88 Å². The lowest BCUT2D eigenvalue weighted by atomic mass is 10.1. The normalized spacial score (nSPS) is 14.7. The van der Waals surface area contributed by atoms with Crippen LogP contribution in [-0.4, -0.2) is 43.9 Å². The van der Waals surface area contributed by atoms with Gasteiger partial charge >= 0.3 is 0 Å². The van der Waals surface area contributed by atoms with Crippen LogP contribution < -0.4 is 14.8 Å². The predicted octanol–water partition coefficient (Wildman–Crippen LogP) is 2.62. The Morgan fingerprint density at radius 2 is 1.96 bits per heavy atom. The molecule has 0 aliphatic carbocycles. The molecule has 3 rings (SSSR count). The molecule has 0 bridgehead atoms. The molecule has 1 fully saturated rings. The highest BCUT2D eigenvalue weighted by Crippen LogP contribution is 2.16. The number of aromatic nitrogens is 1. The lowest BCUT2D eigenvalue weighted by Gasteiger charge is -2.22. The van der Waals surface area contributed by atoms with Crippen molar-refractivity contribution in [2.45, 2.75) is 25.4 Å². The second-order valence-corrected chi connectivity index (χ2v) is 6.17. The molecule has 1 aromatic carbocycles. The highest BCUT2D eigenvalue weighted by molar-refractivity contribution is 5.93. The smallest absolute Gasteiger partial charge is 0.252 e. The van der Waals surface area contributed by atoms with E-state index in [1.165, 1.54) is 0 Å². The van der Waals surface area contributed by atoms with Crippen LogP contribution in [0.5, 0.6) is 11.6 Å². The molecule has 1 N–H and O–H groups in total. The fraction of sp³-hybridized carbons (Fsp3) is 0.400. The predicted molar refractivity (Wildman–Crippen MR) is 97.7 cm³/mol. The number of methoxy groups -OCH3 is 1. The zero-order valence-electron chi connectivity index (χ0n) is 14.9. The van der Waals surface area contributed by atoms with Crippen LogP contribution in [0.2, 0.25) is 0 Å². The van der Waals surface area contributed by atoms with Gasteiger partial charge in [-0.15, -0.1) is 0 Å². The number of amides is 1. The van der Waals surface area contributed by atoms with Gasteiger partial charge in [0.25, 0.3) is 5.91 Å². The second kappa shape index (κ2) is 9.20. The standard InChI is InChI=1S/C20H24N2O4/c1-24-17-5-2-15(3-6-17)8-11-21-20(23)16-4-7-19(22-14-16)26-18-9-12-25-13-10-18/h2-7,14,18H,8-13H2,1H3,(H,21,23). The lowest BCUT2D eigenvalue weighted by Crippen LogP contribution is -2.27. The molecule has 1 aliphatic heterocycles. The maximum atomic E-state index is 12.2. The van der Waals surface area contributed by atoms with E-state index in [1.807, 2.05) is 24.3 Å². The van der Waals surface area contributed by atoms with Gasteiger partial charge in [0.1, 0.15) is 11.9 Å². The van der Waals surface area contributed by atoms with Gasteiger partial charge in [0.15, 0.2) is 0 Å². The molecular weight excluding hydrogens is 332 g/mol. The monoisotopic (exact) mass is 356 g/mol. The van der Waals surface area contributed by atoms with E-state index in [9.17, 15) is 4.79 Å². The summed E-state index contributed by atoms with van der Waals surface area (Å²) < 4.78 is 16.3. The quantitative estimate of drug-likeness (QED) is 0.826. The van der Waals surface area contributed by atoms with E-state index in [0.717, 1.165) is 43.8 Å². The average Bonchev–Trinajstić information content (AvgIpc) is 2.70. The number of pyridine rings is 1. The summed E-state index contributed by atoms with van der Waals surface area (Å²) in [5.74, 6) is 1.24. The number of hydrogen-bond acceptors (Lipinski definition) is 5. The first-order chi connectivity index (χ1) is 12.7. The maximum Gasteiger partial charge on any atom is 0.252 e. The largest absolute Gasteiger partial charge is 0.497 e. The third-order valence-electron chi connectivity index (χ3n) is 4.31.